The molecule has 0 aliphatic heterocycles. The summed E-state index contributed by atoms with van der Waals surface area (Å²) in [5.74, 6) is 4.58. The molecule has 8 nitrogen and oxygen atoms in total. The summed E-state index contributed by atoms with van der Waals surface area (Å²) in [5.41, 5.74) is -4.00. The van der Waals surface area contributed by atoms with E-state index in [1.54, 1.807) is 13.0 Å². The van der Waals surface area contributed by atoms with Gasteiger partial charge in [0, 0.05) is 33.6 Å². The summed E-state index contributed by atoms with van der Waals surface area (Å²) in [4.78, 5) is 40.0. The highest BCUT2D eigenvalue weighted by atomic mass is 127. The number of aliphatic hydroxyl groups is 3. The Bertz CT molecular complexity index is 1110. The van der Waals surface area contributed by atoms with Crippen molar-refractivity contribution in [3.63, 3.8) is 0 Å². The van der Waals surface area contributed by atoms with Crippen LogP contribution in [0.2, 0.25) is 0 Å². The van der Waals surface area contributed by atoms with Crippen LogP contribution >= 0.6 is 22.6 Å². The number of amides is 1. The quantitative estimate of drug-likeness (QED) is 0.199. The van der Waals surface area contributed by atoms with Gasteiger partial charge >= 0.3 is 6.09 Å². The molecular weight excluding hydrogens is 601 g/mol. The number of aliphatic hydroxyl groups excluding tert-OH is 2. The van der Waals surface area contributed by atoms with Crippen molar-refractivity contribution in [2.45, 2.75) is 93.8 Å². The third kappa shape index (κ3) is 3.92. The highest BCUT2D eigenvalue weighted by molar-refractivity contribution is 14.1. The van der Waals surface area contributed by atoms with Crippen molar-refractivity contribution in [1.82, 2.24) is 4.90 Å². The Morgan fingerprint density at radius 2 is 1.89 bits per heavy atom. The van der Waals surface area contributed by atoms with Crippen LogP contribution in [-0.4, -0.2) is 77.3 Å². The molecule has 4 rings (SSSR count). The van der Waals surface area contributed by atoms with Crippen molar-refractivity contribution in [1.29, 1.82) is 0 Å². The van der Waals surface area contributed by atoms with Crippen LogP contribution in [0, 0.1) is 40.4 Å². The number of hydrogen-bond acceptors (Lipinski definition) is 6. The molecule has 0 radical (unpaired) electrons. The minimum Gasteiger partial charge on any atom is -0.465 e. The number of fused-ring (bicyclic) bond motifs is 5. The van der Waals surface area contributed by atoms with E-state index in [2.05, 4.69) is 34.4 Å². The Kier molecular flexibility index (Phi) is 7.89. The molecular formula is C29H40INO7. The smallest absolute Gasteiger partial charge is 0.407 e. The van der Waals surface area contributed by atoms with E-state index in [1.807, 2.05) is 20.8 Å². The molecule has 0 heterocycles. The van der Waals surface area contributed by atoms with E-state index in [1.165, 1.54) is 4.90 Å². The number of nitrogens with zero attached hydrogens (tertiary/aromatic N) is 1. The third-order valence-electron chi connectivity index (χ3n) is 10.8. The molecule has 4 N–H and O–H groups in total. The van der Waals surface area contributed by atoms with E-state index in [-0.39, 0.29) is 53.3 Å². The molecule has 0 aromatic heterocycles. The number of halogens is 1. The molecule has 0 bridgehead atoms. The lowest BCUT2D eigenvalue weighted by atomic mass is 9.41. The second-order valence-electron chi connectivity index (χ2n) is 12.2. The Labute approximate surface area is 238 Å². The molecule has 210 valence electrons. The van der Waals surface area contributed by atoms with Gasteiger partial charge < -0.3 is 20.4 Å². The molecule has 4 aliphatic rings. The van der Waals surface area contributed by atoms with Gasteiger partial charge in [0.25, 0.3) is 0 Å². The van der Waals surface area contributed by atoms with E-state index < -0.39 is 46.6 Å². The summed E-state index contributed by atoms with van der Waals surface area (Å²) in [5, 5.41) is 44.4. The number of hydrogen-bond donors (Lipinski definition) is 4. The number of alkyl halides is 1. The maximum Gasteiger partial charge on any atom is 0.407 e. The Morgan fingerprint density at radius 1 is 1.21 bits per heavy atom. The van der Waals surface area contributed by atoms with Crippen LogP contribution in [0.5, 0.6) is 0 Å². The first-order valence-electron chi connectivity index (χ1n) is 13.6. The largest absolute Gasteiger partial charge is 0.465 e. The topological polar surface area (TPSA) is 135 Å². The van der Waals surface area contributed by atoms with Gasteiger partial charge in [-0.15, -0.1) is 5.92 Å². The molecule has 9 heteroatoms. The van der Waals surface area contributed by atoms with Crippen LogP contribution in [0.1, 0.15) is 72.6 Å². The van der Waals surface area contributed by atoms with Crippen LogP contribution in [-0.2, 0) is 9.59 Å². The number of ketones is 2. The summed E-state index contributed by atoms with van der Waals surface area (Å²) < 4.78 is 0.0424. The zero-order valence-electron chi connectivity index (χ0n) is 22.7. The lowest BCUT2D eigenvalue weighted by Crippen LogP contribution is -2.78. The van der Waals surface area contributed by atoms with Gasteiger partial charge in [-0.25, -0.2) is 4.79 Å². The highest BCUT2D eigenvalue weighted by Crippen LogP contribution is 2.70. The second-order valence-corrected chi connectivity index (χ2v) is 14.2. The summed E-state index contributed by atoms with van der Waals surface area (Å²) in [6.07, 6.45) is 1.78. The maximum absolute atomic E-state index is 13.2. The zero-order chi connectivity index (χ0) is 28.3. The Morgan fingerprint density at radius 3 is 2.47 bits per heavy atom. The molecule has 0 aromatic carbocycles. The van der Waals surface area contributed by atoms with Crippen molar-refractivity contribution >= 4 is 40.3 Å². The van der Waals surface area contributed by atoms with E-state index in [0.29, 0.717) is 25.7 Å². The average Bonchev–Trinajstić information content (AvgIpc) is 3.12. The van der Waals surface area contributed by atoms with Gasteiger partial charge in [-0.2, -0.15) is 0 Å². The predicted molar refractivity (Wildman–Crippen MR) is 150 cm³/mol. The average molecular weight is 642 g/mol. The number of rotatable bonds is 6. The standard InChI is InChI=1S/C29H40INO7/c1-5-6-18(17(2)30)15-31(25(36)37)29-22(8-7-19-13-20(33)9-11-26(19,29)3)21-10-12-28(38,24(35)16-32)27(21,4)14-23(29)34/h13,17-18,21-23,32,34,38H,7-12,14-16H2,1-4H3,(H,36,37)/t17?,18?,21-,22-,23-,26-,27-,28-,29-/m0/s1. The summed E-state index contributed by atoms with van der Waals surface area (Å²) in [6.45, 7) is 6.84. The minimum atomic E-state index is -1.79. The fraction of sp³-hybridized carbons (Fsp3) is 0.759. The number of Topliss-reactive ketones (excluding diaryl/α,β-unsaturated/α-hetero) is 1. The molecule has 38 heavy (non-hydrogen) atoms. The SMILES string of the molecule is CC#CC(CN(C(=O)O)[C@]12[C@@H](O)C[C@@]3(C)[C@@H](CC[C@]3(O)C(=O)CO)[C@@H]1CCC1=CC(=O)CC[C@@]12C)C(C)I. The third-order valence-corrected chi connectivity index (χ3v) is 11.7. The van der Waals surface area contributed by atoms with Gasteiger partial charge in [0.2, 0.25) is 0 Å². The normalized spacial score (nSPS) is 41.4. The zero-order valence-corrected chi connectivity index (χ0v) is 24.8. The molecule has 9 atom stereocenters. The van der Waals surface area contributed by atoms with Crippen LogP contribution in [0.15, 0.2) is 11.6 Å². The summed E-state index contributed by atoms with van der Waals surface area (Å²) in [6, 6.07) is 0. The lowest BCUT2D eigenvalue weighted by molar-refractivity contribution is -0.223. The van der Waals surface area contributed by atoms with Crippen molar-refractivity contribution in [3.8, 4) is 11.8 Å². The van der Waals surface area contributed by atoms with Gasteiger partial charge in [-0.05, 0) is 63.4 Å². The van der Waals surface area contributed by atoms with E-state index in [4.69, 9.17) is 0 Å². The van der Waals surface area contributed by atoms with Crippen LogP contribution in [0.25, 0.3) is 0 Å². The van der Waals surface area contributed by atoms with E-state index in [9.17, 15) is 34.8 Å². The first kappa shape index (κ1) is 29.5. The number of carbonyl (C=O) groups is 3. The maximum atomic E-state index is 13.2. The molecule has 1 amide bonds. The molecule has 0 spiro atoms. The van der Waals surface area contributed by atoms with Crippen LogP contribution in [0.3, 0.4) is 0 Å². The van der Waals surface area contributed by atoms with Gasteiger partial charge in [-0.3, -0.25) is 14.5 Å². The van der Waals surface area contributed by atoms with Gasteiger partial charge in [0.05, 0.1) is 11.6 Å². The van der Waals surface area contributed by atoms with Gasteiger partial charge in [0.15, 0.2) is 11.6 Å². The fourth-order valence-electron chi connectivity index (χ4n) is 8.97. The highest BCUT2D eigenvalue weighted by Gasteiger charge is 2.75. The first-order valence-corrected chi connectivity index (χ1v) is 14.8. The molecule has 0 saturated heterocycles. The Hall–Kier alpha value is -1.48. The van der Waals surface area contributed by atoms with Crippen molar-refractivity contribution in [3.05, 3.63) is 11.6 Å². The van der Waals surface area contributed by atoms with Crippen LogP contribution in [0.4, 0.5) is 4.79 Å². The monoisotopic (exact) mass is 641 g/mol. The summed E-state index contributed by atoms with van der Waals surface area (Å²) >= 11 is 2.26. The van der Waals surface area contributed by atoms with Crippen LogP contribution < -0.4 is 0 Å². The molecule has 0 aromatic rings. The van der Waals surface area contributed by atoms with Crippen molar-refractivity contribution in [2.24, 2.45) is 28.6 Å². The van der Waals surface area contributed by atoms with E-state index >= 15 is 0 Å². The molecule has 3 saturated carbocycles. The van der Waals surface area contributed by atoms with Gasteiger partial charge in [0.1, 0.15) is 12.2 Å². The Balaban J connectivity index is 1.96. The minimum absolute atomic E-state index is 0.0148. The number of carbonyl (C=O) groups excluding carboxylic acids is 2. The number of carboxylic acid groups (broad SMARTS) is 1. The van der Waals surface area contributed by atoms with Crippen molar-refractivity contribution < 1.29 is 34.8 Å². The molecule has 3 fully saturated rings. The summed E-state index contributed by atoms with van der Waals surface area (Å²) in [7, 11) is 0. The second kappa shape index (κ2) is 10.2. The van der Waals surface area contributed by atoms with Gasteiger partial charge in [-0.1, -0.05) is 54.9 Å². The van der Waals surface area contributed by atoms with Crippen molar-refractivity contribution in [2.75, 3.05) is 13.2 Å². The van der Waals surface area contributed by atoms with E-state index in [0.717, 1.165) is 5.57 Å². The predicted octanol–water partition coefficient (Wildman–Crippen LogP) is 3.35. The first-order chi connectivity index (χ1) is 17.7. The lowest BCUT2D eigenvalue weighted by Gasteiger charge is -2.69. The molecule has 4 aliphatic carbocycles. The molecule has 2 unspecified atom stereocenters. The fourth-order valence-corrected chi connectivity index (χ4v) is 9.37.